The molecule has 1 amide bonds. The van der Waals surface area contributed by atoms with Crippen LogP contribution in [0, 0.1) is 0 Å². The third-order valence-corrected chi connectivity index (χ3v) is 4.24. The first-order valence-electron chi connectivity index (χ1n) is 8.22. The number of benzene rings is 1. The zero-order chi connectivity index (χ0) is 17.8. The third kappa shape index (κ3) is 4.19. The minimum absolute atomic E-state index is 0.0260. The van der Waals surface area contributed by atoms with Crippen molar-refractivity contribution < 1.29 is 9.59 Å². The Morgan fingerprint density at radius 1 is 0.960 bits per heavy atom. The van der Waals surface area contributed by atoms with Crippen molar-refractivity contribution in [2.75, 3.05) is 38.5 Å². The third-order valence-electron chi connectivity index (χ3n) is 4.24. The summed E-state index contributed by atoms with van der Waals surface area (Å²) in [7, 11) is 2.05. The molecule has 0 radical (unpaired) electrons. The van der Waals surface area contributed by atoms with Gasteiger partial charge in [-0.2, -0.15) is 0 Å². The minimum Gasteiger partial charge on any atom is -0.339 e. The average molecular weight is 339 g/mol. The zero-order valence-corrected chi connectivity index (χ0v) is 14.4. The van der Waals surface area contributed by atoms with Crippen LogP contribution in [0.4, 0.5) is 11.5 Å². The standard InChI is InChI=1S/C18H21N5O2/c1-13(24)14-3-5-15(6-4-14)19-17-8-7-16(20-21-17)18(25)23-11-9-22(2)10-12-23/h3-8H,9-12H2,1-2H3,(H,19,21). The van der Waals surface area contributed by atoms with Gasteiger partial charge in [0, 0.05) is 37.4 Å². The molecule has 3 rings (SSSR count). The largest absolute Gasteiger partial charge is 0.339 e. The number of nitrogens with zero attached hydrogens (tertiary/aromatic N) is 4. The lowest BCUT2D eigenvalue weighted by Gasteiger charge is -2.32. The maximum Gasteiger partial charge on any atom is 0.274 e. The summed E-state index contributed by atoms with van der Waals surface area (Å²) in [4.78, 5) is 27.7. The molecule has 1 aliphatic rings. The number of aromatic nitrogens is 2. The van der Waals surface area contributed by atoms with Crippen molar-refractivity contribution in [1.82, 2.24) is 20.0 Å². The Bertz CT molecular complexity index is 750. The number of hydrogen-bond donors (Lipinski definition) is 1. The van der Waals surface area contributed by atoms with Gasteiger partial charge in [0.05, 0.1) is 0 Å². The molecular weight excluding hydrogens is 318 g/mol. The van der Waals surface area contributed by atoms with Gasteiger partial charge in [-0.25, -0.2) is 0 Å². The quantitative estimate of drug-likeness (QED) is 0.856. The van der Waals surface area contributed by atoms with Crippen LogP contribution in [0.3, 0.4) is 0 Å². The Morgan fingerprint density at radius 3 is 2.20 bits per heavy atom. The molecule has 1 aromatic heterocycles. The van der Waals surface area contributed by atoms with Crippen LogP contribution in [0.25, 0.3) is 0 Å². The number of ketones is 1. The van der Waals surface area contributed by atoms with E-state index >= 15 is 0 Å². The molecular formula is C18H21N5O2. The minimum atomic E-state index is -0.0852. The van der Waals surface area contributed by atoms with Crippen LogP contribution in [-0.2, 0) is 0 Å². The Hall–Kier alpha value is -2.80. The van der Waals surface area contributed by atoms with Crippen LogP contribution in [0.15, 0.2) is 36.4 Å². The van der Waals surface area contributed by atoms with Gasteiger partial charge in [-0.1, -0.05) is 0 Å². The highest BCUT2D eigenvalue weighted by molar-refractivity contribution is 5.94. The van der Waals surface area contributed by atoms with E-state index in [1.54, 1.807) is 29.2 Å². The molecule has 0 bridgehead atoms. The topological polar surface area (TPSA) is 78.4 Å². The first-order valence-corrected chi connectivity index (χ1v) is 8.22. The van der Waals surface area contributed by atoms with Gasteiger partial charge < -0.3 is 15.1 Å². The van der Waals surface area contributed by atoms with Crippen molar-refractivity contribution in [3.8, 4) is 0 Å². The van der Waals surface area contributed by atoms with E-state index in [0.717, 1.165) is 18.8 Å². The molecule has 1 aromatic carbocycles. The van der Waals surface area contributed by atoms with E-state index in [9.17, 15) is 9.59 Å². The molecule has 7 heteroatoms. The van der Waals surface area contributed by atoms with Crippen LogP contribution in [0.1, 0.15) is 27.8 Å². The molecule has 1 aliphatic heterocycles. The van der Waals surface area contributed by atoms with Gasteiger partial charge in [0.15, 0.2) is 17.3 Å². The summed E-state index contributed by atoms with van der Waals surface area (Å²) in [5, 5.41) is 11.2. The average Bonchev–Trinajstić information content (AvgIpc) is 2.63. The maximum absolute atomic E-state index is 12.4. The number of hydrogen-bond acceptors (Lipinski definition) is 6. The molecule has 0 aliphatic carbocycles. The van der Waals surface area contributed by atoms with Crippen molar-refractivity contribution in [3.05, 3.63) is 47.7 Å². The Balaban J connectivity index is 1.63. The Kier molecular flexibility index (Phi) is 5.04. The molecule has 0 saturated carbocycles. The molecule has 2 heterocycles. The number of carbonyl (C=O) groups excluding carboxylic acids is 2. The van der Waals surface area contributed by atoms with E-state index in [-0.39, 0.29) is 11.7 Å². The molecule has 130 valence electrons. The van der Waals surface area contributed by atoms with Gasteiger partial charge in [0.1, 0.15) is 0 Å². The molecule has 1 fully saturated rings. The van der Waals surface area contributed by atoms with Gasteiger partial charge in [-0.15, -0.1) is 10.2 Å². The number of likely N-dealkylation sites (N-methyl/N-ethyl adjacent to an activating group) is 1. The number of carbonyl (C=O) groups is 2. The summed E-state index contributed by atoms with van der Waals surface area (Å²) in [5.41, 5.74) is 1.81. The highest BCUT2D eigenvalue weighted by Crippen LogP contribution is 2.15. The molecule has 0 atom stereocenters. The second-order valence-electron chi connectivity index (χ2n) is 6.16. The monoisotopic (exact) mass is 339 g/mol. The SMILES string of the molecule is CC(=O)c1ccc(Nc2ccc(C(=O)N3CCN(C)CC3)nn2)cc1. The fourth-order valence-corrected chi connectivity index (χ4v) is 2.62. The molecule has 25 heavy (non-hydrogen) atoms. The molecule has 0 spiro atoms. The second-order valence-corrected chi connectivity index (χ2v) is 6.16. The van der Waals surface area contributed by atoms with E-state index < -0.39 is 0 Å². The van der Waals surface area contributed by atoms with Crippen LogP contribution in [0.2, 0.25) is 0 Å². The van der Waals surface area contributed by atoms with E-state index in [1.807, 2.05) is 19.2 Å². The maximum atomic E-state index is 12.4. The van der Waals surface area contributed by atoms with Crippen molar-refractivity contribution in [3.63, 3.8) is 0 Å². The van der Waals surface area contributed by atoms with Crippen molar-refractivity contribution in [2.24, 2.45) is 0 Å². The smallest absolute Gasteiger partial charge is 0.274 e. The van der Waals surface area contributed by atoms with Crippen molar-refractivity contribution in [2.45, 2.75) is 6.92 Å². The van der Waals surface area contributed by atoms with Crippen molar-refractivity contribution >= 4 is 23.2 Å². The Labute approximate surface area is 146 Å². The summed E-state index contributed by atoms with van der Waals surface area (Å²) in [6.45, 7) is 4.69. The van der Waals surface area contributed by atoms with Gasteiger partial charge in [0.25, 0.3) is 5.91 Å². The summed E-state index contributed by atoms with van der Waals surface area (Å²) >= 11 is 0. The number of nitrogens with one attached hydrogen (secondary N) is 1. The number of piperazine rings is 1. The van der Waals surface area contributed by atoms with E-state index in [1.165, 1.54) is 6.92 Å². The highest BCUT2D eigenvalue weighted by Gasteiger charge is 2.21. The molecule has 1 saturated heterocycles. The van der Waals surface area contributed by atoms with E-state index in [4.69, 9.17) is 0 Å². The van der Waals surface area contributed by atoms with Crippen molar-refractivity contribution in [1.29, 1.82) is 0 Å². The molecule has 7 nitrogen and oxygen atoms in total. The summed E-state index contributed by atoms with van der Waals surface area (Å²) in [6, 6.07) is 10.5. The van der Waals surface area contributed by atoms with Crippen LogP contribution in [0.5, 0.6) is 0 Å². The fraction of sp³-hybridized carbons (Fsp3) is 0.333. The Morgan fingerprint density at radius 2 is 1.64 bits per heavy atom. The summed E-state index contributed by atoms with van der Waals surface area (Å²) in [6.07, 6.45) is 0. The summed E-state index contributed by atoms with van der Waals surface area (Å²) < 4.78 is 0. The van der Waals surface area contributed by atoms with Gasteiger partial charge in [-0.3, -0.25) is 9.59 Å². The number of Topliss-reactive ketones (excluding diaryl/α,β-unsaturated/α-hetero) is 1. The van der Waals surface area contributed by atoms with Crippen LogP contribution in [-0.4, -0.2) is 64.9 Å². The first-order chi connectivity index (χ1) is 12.0. The lowest BCUT2D eigenvalue weighted by Crippen LogP contribution is -2.47. The number of anilines is 2. The molecule has 1 N–H and O–H groups in total. The van der Waals surface area contributed by atoms with E-state index in [0.29, 0.717) is 30.2 Å². The fourth-order valence-electron chi connectivity index (χ4n) is 2.62. The van der Waals surface area contributed by atoms with Gasteiger partial charge in [0.2, 0.25) is 0 Å². The predicted octanol–water partition coefficient (Wildman–Crippen LogP) is 1.81. The van der Waals surface area contributed by atoms with E-state index in [2.05, 4.69) is 20.4 Å². The molecule has 0 unspecified atom stereocenters. The predicted molar refractivity (Wildman–Crippen MR) is 95.2 cm³/mol. The lowest BCUT2D eigenvalue weighted by molar-refractivity contribution is 0.0657. The first kappa shape index (κ1) is 17.0. The number of amides is 1. The normalized spacial score (nSPS) is 15.0. The van der Waals surface area contributed by atoms with Gasteiger partial charge >= 0.3 is 0 Å². The van der Waals surface area contributed by atoms with Crippen LogP contribution < -0.4 is 5.32 Å². The second kappa shape index (κ2) is 7.40. The highest BCUT2D eigenvalue weighted by atomic mass is 16.2. The van der Waals surface area contributed by atoms with Crippen LogP contribution >= 0.6 is 0 Å². The summed E-state index contributed by atoms with van der Waals surface area (Å²) in [5.74, 6) is 0.488. The zero-order valence-electron chi connectivity index (χ0n) is 14.4. The number of rotatable bonds is 4. The van der Waals surface area contributed by atoms with Gasteiger partial charge in [-0.05, 0) is 50.4 Å². The lowest BCUT2D eigenvalue weighted by atomic mass is 10.1. The molecule has 2 aromatic rings.